The highest BCUT2D eigenvalue weighted by Gasteiger charge is 2.18. The number of hydrogen-bond donors (Lipinski definition) is 2. The zero-order valence-electron chi connectivity index (χ0n) is 12.8. The molecule has 1 atom stereocenters. The zero-order chi connectivity index (χ0) is 15.6. The Morgan fingerprint density at radius 1 is 1.15 bits per heavy atom. The average molecular weight is 308 g/mol. The van der Waals surface area contributed by atoms with Crippen LogP contribution in [-0.4, -0.2) is 43.4 Å². The van der Waals surface area contributed by atoms with Gasteiger partial charge in [-0.25, -0.2) is 4.72 Å². The van der Waals surface area contributed by atoms with Crippen molar-refractivity contribution in [2.75, 3.05) is 19.6 Å². The minimum atomic E-state index is -3.40. The van der Waals surface area contributed by atoms with Crippen LogP contribution in [0.3, 0.4) is 0 Å². The van der Waals surface area contributed by atoms with Gasteiger partial charge in [-0.3, -0.25) is 4.79 Å². The molecule has 0 saturated heterocycles. The summed E-state index contributed by atoms with van der Waals surface area (Å²) in [5.41, 5.74) is 0. The number of carboxylic acids is 1. The maximum Gasteiger partial charge on any atom is 0.303 e. The maximum absolute atomic E-state index is 11.9. The van der Waals surface area contributed by atoms with Gasteiger partial charge in [0.2, 0.25) is 0 Å². The third-order valence-electron chi connectivity index (χ3n) is 3.35. The number of nitrogens with one attached hydrogen (secondary N) is 1. The molecule has 0 spiro atoms. The predicted octanol–water partition coefficient (Wildman–Crippen LogP) is 1.83. The summed E-state index contributed by atoms with van der Waals surface area (Å²) >= 11 is 0. The molecule has 20 heavy (non-hydrogen) atoms. The first kappa shape index (κ1) is 19.3. The molecule has 0 aromatic heterocycles. The molecule has 0 bridgehead atoms. The molecule has 0 aromatic carbocycles. The monoisotopic (exact) mass is 308 g/mol. The first-order chi connectivity index (χ1) is 9.37. The molecular formula is C13H28N2O4S. The number of carboxylic acid groups (broad SMARTS) is 1. The van der Waals surface area contributed by atoms with Gasteiger partial charge in [-0.1, -0.05) is 33.6 Å². The predicted molar refractivity (Wildman–Crippen MR) is 79.7 cm³/mol. The molecule has 0 aliphatic rings. The summed E-state index contributed by atoms with van der Waals surface area (Å²) in [5, 5.41) is 8.70. The van der Waals surface area contributed by atoms with Crippen molar-refractivity contribution in [1.29, 1.82) is 0 Å². The van der Waals surface area contributed by atoms with Crippen LogP contribution in [0.4, 0.5) is 0 Å². The Hall–Kier alpha value is -0.660. The van der Waals surface area contributed by atoms with Crippen LogP contribution in [0, 0.1) is 5.92 Å². The lowest BCUT2D eigenvalue weighted by Gasteiger charge is -2.20. The summed E-state index contributed by atoms with van der Waals surface area (Å²) in [6.07, 6.45) is 3.35. The van der Waals surface area contributed by atoms with Gasteiger partial charge in [-0.15, -0.1) is 0 Å². The number of nitrogens with zero attached hydrogens (tertiary/aromatic N) is 1. The molecule has 0 aliphatic heterocycles. The summed E-state index contributed by atoms with van der Waals surface area (Å²) < 4.78 is 27.8. The van der Waals surface area contributed by atoms with Gasteiger partial charge < -0.3 is 5.11 Å². The van der Waals surface area contributed by atoms with Crippen molar-refractivity contribution < 1.29 is 18.3 Å². The highest BCUT2D eigenvalue weighted by atomic mass is 32.2. The van der Waals surface area contributed by atoms with Crippen molar-refractivity contribution in [3.8, 4) is 0 Å². The highest BCUT2D eigenvalue weighted by Crippen LogP contribution is 2.17. The van der Waals surface area contributed by atoms with Crippen molar-refractivity contribution in [2.24, 2.45) is 5.92 Å². The quantitative estimate of drug-likeness (QED) is 0.576. The van der Waals surface area contributed by atoms with Crippen LogP contribution in [0.5, 0.6) is 0 Å². The molecule has 0 heterocycles. The molecule has 0 amide bonds. The van der Waals surface area contributed by atoms with Crippen LogP contribution in [0.1, 0.15) is 52.9 Å². The van der Waals surface area contributed by atoms with E-state index in [1.54, 1.807) is 13.8 Å². The van der Waals surface area contributed by atoms with Crippen molar-refractivity contribution >= 4 is 16.2 Å². The van der Waals surface area contributed by atoms with Gasteiger partial charge in [0.1, 0.15) is 0 Å². The Balaban J connectivity index is 4.25. The van der Waals surface area contributed by atoms with E-state index in [-0.39, 0.29) is 12.3 Å². The summed E-state index contributed by atoms with van der Waals surface area (Å²) in [7, 11) is -3.40. The summed E-state index contributed by atoms with van der Waals surface area (Å²) in [6, 6.07) is 0. The minimum Gasteiger partial charge on any atom is -0.481 e. The largest absolute Gasteiger partial charge is 0.481 e. The Bertz CT molecular complexity index is 367. The third-order valence-corrected chi connectivity index (χ3v) is 5.11. The molecule has 0 saturated carbocycles. The fraction of sp³-hybridized carbons (Fsp3) is 0.923. The fourth-order valence-corrected chi connectivity index (χ4v) is 3.45. The van der Waals surface area contributed by atoms with Gasteiger partial charge in [0.05, 0.1) is 0 Å². The molecule has 0 fully saturated rings. The number of rotatable bonds is 12. The molecule has 0 radical (unpaired) electrons. The summed E-state index contributed by atoms with van der Waals surface area (Å²) in [5.74, 6) is -0.537. The normalized spacial score (nSPS) is 13.6. The molecule has 120 valence electrons. The smallest absolute Gasteiger partial charge is 0.303 e. The first-order valence-electron chi connectivity index (χ1n) is 7.33. The summed E-state index contributed by atoms with van der Waals surface area (Å²) in [6.45, 7) is 6.91. The van der Waals surface area contributed by atoms with Gasteiger partial charge in [-0.2, -0.15) is 12.7 Å². The van der Waals surface area contributed by atoms with E-state index in [1.807, 2.05) is 6.92 Å². The van der Waals surface area contributed by atoms with E-state index >= 15 is 0 Å². The van der Waals surface area contributed by atoms with Crippen LogP contribution >= 0.6 is 0 Å². The van der Waals surface area contributed by atoms with Crippen LogP contribution < -0.4 is 4.72 Å². The van der Waals surface area contributed by atoms with Crippen LogP contribution in [-0.2, 0) is 15.0 Å². The molecule has 1 unspecified atom stereocenters. The topological polar surface area (TPSA) is 86.7 Å². The fourth-order valence-electron chi connectivity index (χ4n) is 2.22. The molecular weight excluding hydrogens is 280 g/mol. The van der Waals surface area contributed by atoms with Crippen molar-refractivity contribution in [1.82, 2.24) is 9.03 Å². The SMILES string of the molecule is CCCC(CCNS(=O)(=O)N(CC)CC)CCC(=O)O. The van der Waals surface area contributed by atoms with Crippen molar-refractivity contribution in [3.05, 3.63) is 0 Å². The van der Waals surface area contributed by atoms with Crippen molar-refractivity contribution in [2.45, 2.75) is 52.9 Å². The van der Waals surface area contributed by atoms with E-state index in [9.17, 15) is 13.2 Å². The zero-order valence-corrected chi connectivity index (χ0v) is 13.6. The van der Waals surface area contributed by atoms with Crippen LogP contribution in [0.2, 0.25) is 0 Å². The second kappa shape index (κ2) is 10.1. The molecule has 0 aliphatic carbocycles. The van der Waals surface area contributed by atoms with Gasteiger partial charge in [0.25, 0.3) is 10.2 Å². The van der Waals surface area contributed by atoms with E-state index in [0.717, 1.165) is 12.8 Å². The van der Waals surface area contributed by atoms with Crippen molar-refractivity contribution in [3.63, 3.8) is 0 Å². The summed E-state index contributed by atoms with van der Waals surface area (Å²) in [4.78, 5) is 10.6. The van der Waals surface area contributed by atoms with E-state index in [1.165, 1.54) is 4.31 Å². The van der Waals surface area contributed by atoms with E-state index in [4.69, 9.17) is 5.11 Å². The highest BCUT2D eigenvalue weighted by molar-refractivity contribution is 7.87. The molecule has 0 rings (SSSR count). The molecule has 0 aromatic rings. The van der Waals surface area contributed by atoms with E-state index in [0.29, 0.717) is 32.5 Å². The maximum atomic E-state index is 11.9. The Morgan fingerprint density at radius 3 is 2.20 bits per heavy atom. The van der Waals surface area contributed by atoms with Gasteiger partial charge in [0, 0.05) is 26.1 Å². The lowest BCUT2D eigenvalue weighted by Crippen LogP contribution is -2.41. The lowest BCUT2D eigenvalue weighted by molar-refractivity contribution is -0.137. The minimum absolute atomic E-state index is 0.146. The number of aliphatic carboxylic acids is 1. The molecule has 2 N–H and O–H groups in total. The lowest BCUT2D eigenvalue weighted by atomic mass is 9.95. The third kappa shape index (κ3) is 7.81. The standard InChI is InChI=1S/C13H28N2O4S/c1-4-7-12(8-9-13(16)17)10-11-14-20(18,19)15(5-2)6-3/h12,14H,4-11H2,1-3H3,(H,16,17). The Morgan fingerprint density at radius 2 is 1.75 bits per heavy atom. The Labute approximate surface area is 122 Å². The number of hydrogen-bond acceptors (Lipinski definition) is 3. The van der Waals surface area contributed by atoms with Gasteiger partial charge >= 0.3 is 5.97 Å². The second-order valence-electron chi connectivity index (χ2n) is 4.86. The number of carbonyl (C=O) groups is 1. The average Bonchev–Trinajstić information content (AvgIpc) is 2.36. The second-order valence-corrected chi connectivity index (χ2v) is 6.61. The molecule has 6 nitrogen and oxygen atoms in total. The first-order valence-corrected chi connectivity index (χ1v) is 8.77. The van der Waals surface area contributed by atoms with E-state index < -0.39 is 16.2 Å². The van der Waals surface area contributed by atoms with E-state index in [2.05, 4.69) is 4.72 Å². The van der Waals surface area contributed by atoms with Crippen LogP contribution in [0.15, 0.2) is 0 Å². The van der Waals surface area contributed by atoms with Gasteiger partial charge in [-0.05, 0) is 18.8 Å². The van der Waals surface area contributed by atoms with Gasteiger partial charge in [0.15, 0.2) is 0 Å². The Kier molecular flexibility index (Phi) is 9.79. The molecule has 7 heteroatoms. The van der Waals surface area contributed by atoms with Crippen LogP contribution in [0.25, 0.3) is 0 Å².